The molecule has 0 spiro atoms. The summed E-state index contributed by atoms with van der Waals surface area (Å²) in [6, 6.07) is 4.85. The van der Waals surface area contributed by atoms with Crippen LogP contribution < -0.4 is 0 Å². The van der Waals surface area contributed by atoms with E-state index in [0.717, 1.165) is 0 Å². The monoisotopic (exact) mass is 246 g/mol. The first-order chi connectivity index (χ1) is 7.15. The highest BCUT2D eigenvalue weighted by atomic mass is 35.5. The average Bonchev–Trinajstić information content (AvgIpc) is 2.22. The molecule has 15 heavy (non-hydrogen) atoms. The van der Waals surface area contributed by atoms with Crippen molar-refractivity contribution < 1.29 is 9.90 Å². The van der Waals surface area contributed by atoms with E-state index in [1.807, 2.05) is 0 Å². The average molecular weight is 247 g/mol. The van der Waals surface area contributed by atoms with Crippen molar-refractivity contribution in [3.8, 4) is 0 Å². The van der Waals surface area contributed by atoms with Crippen molar-refractivity contribution in [2.24, 2.45) is 0 Å². The lowest BCUT2D eigenvalue weighted by Crippen LogP contribution is -1.99. The van der Waals surface area contributed by atoms with Gasteiger partial charge in [0.25, 0.3) is 0 Å². The zero-order valence-electron chi connectivity index (χ0n) is 8.17. The zero-order chi connectivity index (χ0) is 11.3. The second-order valence-electron chi connectivity index (χ2n) is 3.23. The third-order valence-corrected chi connectivity index (χ3v) is 2.79. The van der Waals surface area contributed by atoms with E-state index in [1.54, 1.807) is 18.2 Å². The first-order valence-corrected chi connectivity index (χ1v) is 5.50. The number of aliphatic hydroxyl groups is 1. The fourth-order valence-electron chi connectivity index (χ4n) is 1.21. The fourth-order valence-corrected chi connectivity index (χ4v) is 1.51. The lowest BCUT2D eigenvalue weighted by atomic mass is 10.1. The molecule has 1 aromatic rings. The maximum atomic E-state index is 11.6. The predicted molar refractivity (Wildman–Crippen MR) is 61.7 cm³/mol. The Labute approximate surface area is 98.8 Å². The summed E-state index contributed by atoms with van der Waals surface area (Å²) >= 11 is 11.5. The largest absolute Gasteiger partial charge is 0.396 e. The number of carbonyl (C=O) groups excluding carboxylic acids is 1. The van der Waals surface area contributed by atoms with Crippen LogP contribution in [-0.4, -0.2) is 17.5 Å². The summed E-state index contributed by atoms with van der Waals surface area (Å²) in [7, 11) is 0. The van der Waals surface area contributed by atoms with E-state index in [0.29, 0.717) is 34.9 Å². The third kappa shape index (κ3) is 3.82. The fraction of sp³-hybridized carbons (Fsp3) is 0.364. The molecule has 4 heteroatoms. The maximum absolute atomic E-state index is 11.6. The summed E-state index contributed by atoms with van der Waals surface area (Å²) < 4.78 is 0. The highest BCUT2D eigenvalue weighted by Gasteiger charge is 2.07. The van der Waals surface area contributed by atoms with E-state index in [1.165, 1.54) is 0 Å². The van der Waals surface area contributed by atoms with E-state index >= 15 is 0 Å². The van der Waals surface area contributed by atoms with Crippen LogP contribution in [0.1, 0.15) is 29.6 Å². The van der Waals surface area contributed by atoms with Crippen LogP contribution in [0.2, 0.25) is 10.0 Å². The number of aliphatic hydroxyl groups excluding tert-OH is 1. The van der Waals surface area contributed by atoms with E-state index < -0.39 is 0 Å². The number of rotatable bonds is 5. The number of carbonyl (C=O) groups is 1. The summed E-state index contributed by atoms with van der Waals surface area (Å²) in [5, 5.41) is 9.42. The molecular formula is C11H12Cl2O2. The molecule has 0 aliphatic heterocycles. The van der Waals surface area contributed by atoms with Gasteiger partial charge in [0.05, 0.1) is 10.0 Å². The summed E-state index contributed by atoms with van der Waals surface area (Å²) in [4.78, 5) is 11.6. The van der Waals surface area contributed by atoms with Gasteiger partial charge in [-0.3, -0.25) is 4.79 Å². The number of hydrogen-bond acceptors (Lipinski definition) is 2. The molecule has 0 saturated carbocycles. The van der Waals surface area contributed by atoms with Gasteiger partial charge < -0.3 is 5.11 Å². The van der Waals surface area contributed by atoms with Gasteiger partial charge in [0.1, 0.15) is 0 Å². The van der Waals surface area contributed by atoms with Crippen LogP contribution in [0.15, 0.2) is 18.2 Å². The Bertz CT molecular complexity index is 350. The van der Waals surface area contributed by atoms with Crippen molar-refractivity contribution in [3.63, 3.8) is 0 Å². The van der Waals surface area contributed by atoms with Crippen molar-refractivity contribution in [3.05, 3.63) is 33.8 Å². The van der Waals surface area contributed by atoms with Crippen molar-refractivity contribution in [1.29, 1.82) is 0 Å². The number of Topliss-reactive ketones (excluding diaryl/α,β-unsaturated/α-hetero) is 1. The van der Waals surface area contributed by atoms with Crippen LogP contribution in [0.5, 0.6) is 0 Å². The second kappa shape index (κ2) is 6.11. The summed E-state index contributed by atoms with van der Waals surface area (Å²) in [6.07, 6.45) is 1.77. The first kappa shape index (κ1) is 12.5. The third-order valence-electron chi connectivity index (χ3n) is 2.05. The molecule has 0 aliphatic carbocycles. The molecule has 1 N–H and O–H groups in total. The van der Waals surface area contributed by atoms with Crippen molar-refractivity contribution in [1.82, 2.24) is 0 Å². The molecular weight excluding hydrogens is 235 g/mol. The van der Waals surface area contributed by atoms with Gasteiger partial charge in [-0.15, -0.1) is 0 Å². The van der Waals surface area contributed by atoms with Crippen LogP contribution in [0.25, 0.3) is 0 Å². The molecule has 0 heterocycles. The number of hydrogen-bond donors (Lipinski definition) is 1. The Balaban J connectivity index is 2.62. The Hall–Kier alpha value is -0.570. The molecule has 0 aliphatic rings. The molecule has 0 amide bonds. The Kier molecular flexibility index (Phi) is 5.09. The van der Waals surface area contributed by atoms with Crippen LogP contribution in [-0.2, 0) is 0 Å². The van der Waals surface area contributed by atoms with Gasteiger partial charge in [0.2, 0.25) is 0 Å². The smallest absolute Gasteiger partial charge is 0.162 e. The minimum Gasteiger partial charge on any atom is -0.396 e. The van der Waals surface area contributed by atoms with E-state index in [4.69, 9.17) is 28.3 Å². The Morgan fingerprint density at radius 1 is 1.20 bits per heavy atom. The minimum absolute atomic E-state index is 0.0296. The summed E-state index contributed by atoms with van der Waals surface area (Å²) in [6.45, 7) is 0.120. The van der Waals surface area contributed by atoms with E-state index in [2.05, 4.69) is 0 Å². The molecule has 0 unspecified atom stereocenters. The molecule has 82 valence electrons. The van der Waals surface area contributed by atoms with E-state index in [9.17, 15) is 4.79 Å². The van der Waals surface area contributed by atoms with Gasteiger partial charge in [0, 0.05) is 18.6 Å². The van der Waals surface area contributed by atoms with Crippen LogP contribution >= 0.6 is 23.2 Å². The number of halogens is 2. The van der Waals surface area contributed by atoms with Crippen LogP contribution in [0, 0.1) is 0 Å². The van der Waals surface area contributed by atoms with Gasteiger partial charge in [0.15, 0.2) is 5.78 Å². The lowest BCUT2D eigenvalue weighted by molar-refractivity contribution is 0.0977. The zero-order valence-corrected chi connectivity index (χ0v) is 9.68. The molecule has 0 atom stereocenters. The molecule has 1 rings (SSSR count). The van der Waals surface area contributed by atoms with Gasteiger partial charge in [-0.25, -0.2) is 0 Å². The summed E-state index contributed by atoms with van der Waals surface area (Å²) in [5.41, 5.74) is 0.572. The minimum atomic E-state index is 0.0296. The highest BCUT2D eigenvalue weighted by Crippen LogP contribution is 2.23. The van der Waals surface area contributed by atoms with Gasteiger partial charge >= 0.3 is 0 Å². The maximum Gasteiger partial charge on any atom is 0.162 e. The molecule has 0 bridgehead atoms. The van der Waals surface area contributed by atoms with Gasteiger partial charge in [-0.2, -0.15) is 0 Å². The van der Waals surface area contributed by atoms with Crippen molar-refractivity contribution in [2.75, 3.05) is 6.61 Å². The first-order valence-electron chi connectivity index (χ1n) is 4.74. The molecule has 0 fully saturated rings. The van der Waals surface area contributed by atoms with Crippen molar-refractivity contribution in [2.45, 2.75) is 19.3 Å². The highest BCUT2D eigenvalue weighted by molar-refractivity contribution is 6.42. The summed E-state index contributed by atoms with van der Waals surface area (Å²) in [5.74, 6) is 0.0296. The Morgan fingerprint density at radius 2 is 1.93 bits per heavy atom. The van der Waals surface area contributed by atoms with Gasteiger partial charge in [-0.05, 0) is 31.0 Å². The SMILES string of the molecule is O=C(CCCCO)c1ccc(Cl)c(Cl)c1. The molecule has 0 saturated heterocycles. The molecule has 0 aromatic heterocycles. The number of benzene rings is 1. The van der Waals surface area contributed by atoms with Crippen molar-refractivity contribution >= 4 is 29.0 Å². The normalized spacial score (nSPS) is 10.3. The quantitative estimate of drug-likeness (QED) is 0.640. The lowest BCUT2D eigenvalue weighted by Gasteiger charge is -2.02. The van der Waals surface area contributed by atoms with Crippen LogP contribution in [0.4, 0.5) is 0 Å². The number of ketones is 1. The second-order valence-corrected chi connectivity index (χ2v) is 4.05. The topological polar surface area (TPSA) is 37.3 Å². The number of unbranched alkanes of at least 4 members (excludes halogenated alkanes) is 1. The van der Waals surface area contributed by atoms with E-state index in [-0.39, 0.29) is 12.4 Å². The Morgan fingerprint density at radius 3 is 2.53 bits per heavy atom. The molecule has 2 nitrogen and oxygen atoms in total. The standard InChI is InChI=1S/C11H12Cl2O2/c12-9-5-4-8(7-10(9)13)11(15)3-1-2-6-14/h4-5,7,14H,1-3,6H2. The molecule has 1 aromatic carbocycles. The van der Waals surface area contributed by atoms with Crippen LogP contribution in [0.3, 0.4) is 0 Å². The molecule has 0 radical (unpaired) electrons. The predicted octanol–water partition coefficient (Wildman–Crippen LogP) is 3.34. The van der Waals surface area contributed by atoms with Gasteiger partial charge in [-0.1, -0.05) is 23.2 Å².